The van der Waals surface area contributed by atoms with E-state index in [1.807, 2.05) is 0 Å². The summed E-state index contributed by atoms with van der Waals surface area (Å²) in [6, 6.07) is 15.2. The summed E-state index contributed by atoms with van der Waals surface area (Å²) in [7, 11) is 0. The zero-order valence-electron chi connectivity index (χ0n) is 15.5. The Morgan fingerprint density at radius 1 is 1.03 bits per heavy atom. The van der Waals surface area contributed by atoms with E-state index in [1.165, 1.54) is 12.1 Å². The van der Waals surface area contributed by atoms with E-state index in [2.05, 4.69) is 11.8 Å². The van der Waals surface area contributed by atoms with Gasteiger partial charge in [0.25, 0.3) is 0 Å². The summed E-state index contributed by atoms with van der Waals surface area (Å²) in [6.45, 7) is 1.64. The maximum atomic E-state index is 13.3. The number of ether oxygens (including phenoxy) is 1. The zero-order valence-corrected chi connectivity index (χ0v) is 15.5. The molecule has 1 unspecified atom stereocenters. The van der Waals surface area contributed by atoms with E-state index < -0.39 is 23.6 Å². The van der Waals surface area contributed by atoms with Crippen molar-refractivity contribution >= 4 is 16.7 Å². The molecule has 0 heterocycles. The molecule has 6 heteroatoms. The van der Waals surface area contributed by atoms with Crippen LogP contribution in [0, 0.1) is 11.8 Å². The Morgan fingerprint density at radius 3 is 2.28 bits per heavy atom. The average Bonchev–Trinajstić information content (AvgIpc) is 2.67. The van der Waals surface area contributed by atoms with Crippen LogP contribution < -0.4 is 4.74 Å². The van der Waals surface area contributed by atoms with Gasteiger partial charge < -0.3 is 9.84 Å². The highest BCUT2D eigenvalue weighted by Gasteiger charge is 2.32. The molecule has 3 rings (SSSR count). The predicted molar refractivity (Wildman–Crippen MR) is 104 cm³/mol. The summed E-state index contributed by atoms with van der Waals surface area (Å²) in [6.07, 6.45) is -4.58. The fraction of sp³-hybridized carbons (Fsp3) is 0.174. The lowest BCUT2D eigenvalue weighted by Crippen LogP contribution is -2.06. The van der Waals surface area contributed by atoms with Crippen LogP contribution in [0.4, 0.5) is 13.2 Å². The maximum absolute atomic E-state index is 13.3. The number of aliphatic carboxylic acids is 1. The van der Waals surface area contributed by atoms with Gasteiger partial charge in [-0.2, -0.15) is 13.2 Å². The molecule has 0 fully saturated rings. The van der Waals surface area contributed by atoms with Crippen LogP contribution in [0.3, 0.4) is 0 Å². The SMILES string of the molecule is CC#CC(CC(=O)O)c1ccc(Oc2ccc(C(F)(F)F)c3ccccc23)cc1. The molecule has 148 valence electrons. The summed E-state index contributed by atoms with van der Waals surface area (Å²) in [4.78, 5) is 11.0. The number of carboxylic acids is 1. The van der Waals surface area contributed by atoms with Gasteiger partial charge in [-0.1, -0.05) is 42.3 Å². The Bertz CT molecular complexity index is 1090. The van der Waals surface area contributed by atoms with Crippen LogP contribution in [0.1, 0.15) is 30.4 Å². The third-order valence-electron chi connectivity index (χ3n) is 4.40. The number of hydrogen-bond donors (Lipinski definition) is 1. The molecule has 0 aliphatic carbocycles. The molecule has 0 bridgehead atoms. The minimum Gasteiger partial charge on any atom is -0.481 e. The van der Waals surface area contributed by atoms with Crippen molar-refractivity contribution in [3.8, 4) is 23.3 Å². The lowest BCUT2D eigenvalue weighted by molar-refractivity contribution is -0.137. The Kier molecular flexibility index (Phi) is 5.79. The molecule has 0 aliphatic heterocycles. The number of alkyl halides is 3. The smallest absolute Gasteiger partial charge is 0.417 e. The minimum absolute atomic E-state index is 0.0638. The predicted octanol–water partition coefficient (Wildman–Crippen LogP) is 6.23. The molecular formula is C23H17F3O3. The summed E-state index contributed by atoms with van der Waals surface area (Å²) >= 11 is 0. The van der Waals surface area contributed by atoms with Crippen LogP contribution in [0.2, 0.25) is 0 Å². The number of carboxylic acid groups (broad SMARTS) is 1. The normalized spacial score (nSPS) is 12.1. The second-order valence-electron chi connectivity index (χ2n) is 6.37. The Hall–Kier alpha value is -3.46. The van der Waals surface area contributed by atoms with Gasteiger partial charge >= 0.3 is 12.1 Å². The van der Waals surface area contributed by atoms with Crippen molar-refractivity contribution in [1.82, 2.24) is 0 Å². The van der Waals surface area contributed by atoms with E-state index in [0.29, 0.717) is 16.9 Å². The number of benzene rings is 3. The number of fused-ring (bicyclic) bond motifs is 1. The molecule has 0 saturated carbocycles. The zero-order chi connectivity index (χ0) is 21.0. The Balaban J connectivity index is 1.92. The molecule has 3 aromatic rings. The first-order valence-corrected chi connectivity index (χ1v) is 8.80. The van der Waals surface area contributed by atoms with E-state index in [9.17, 15) is 18.0 Å². The first-order chi connectivity index (χ1) is 13.8. The van der Waals surface area contributed by atoms with Gasteiger partial charge in [-0.05, 0) is 42.1 Å². The van der Waals surface area contributed by atoms with Gasteiger partial charge in [-0.15, -0.1) is 5.92 Å². The van der Waals surface area contributed by atoms with Crippen molar-refractivity contribution in [2.45, 2.75) is 25.4 Å². The van der Waals surface area contributed by atoms with Gasteiger partial charge in [-0.25, -0.2) is 0 Å². The van der Waals surface area contributed by atoms with Crippen LogP contribution in [0.5, 0.6) is 11.5 Å². The van der Waals surface area contributed by atoms with Crippen LogP contribution in [0.25, 0.3) is 10.8 Å². The number of halogens is 3. The number of hydrogen-bond acceptors (Lipinski definition) is 2. The van der Waals surface area contributed by atoms with E-state index >= 15 is 0 Å². The molecule has 3 nitrogen and oxygen atoms in total. The summed E-state index contributed by atoms with van der Waals surface area (Å²) in [5.74, 6) is 4.93. The monoisotopic (exact) mass is 398 g/mol. The molecular weight excluding hydrogens is 381 g/mol. The van der Waals surface area contributed by atoms with Crippen molar-refractivity contribution in [3.63, 3.8) is 0 Å². The largest absolute Gasteiger partial charge is 0.481 e. The first-order valence-electron chi connectivity index (χ1n) is 8.80. The summed E-state index contributed by atoms with van der Waals surface area (Å²) < 4.78 is 45.6. The highest BCUT2D eigenvalue weighted by atomic mass is 19.4. The first kappa shape index (κ1) is 20.3. The van der Waals surface area contributed by atoms with Crippen molar-refractivity contribution in [2.24, 2.45) is 0 Å². The molecule has 3 aromatic carbocycles. The highest BCUT2D eigenvalue weighted by molar-refractivity contribution is 5.91. The van der Waals surface area contributed by atoms with Crippen molar-refractivity contribution < 1.29 is 27.8 Å². The molecule has 0 aromatic heterocycles. The summed E-state index contributed by atoms with van der Waals surface area (Å²) in [5, 5.41) is 9.45. The third kappa shape index (κ3) is 4.69. The van der Waals surface area contributed by atoms with Gasteiger partial charge in [0.2, 0.25) is 0 Å². The van der Waals surface area contributed by atoms with E-state index in [1.54, 1.807) is 49.4 Å². The van der Waals surface area contributed by atoms with Gasteiger partial charge in [0.15, 0.2) is 0 Å². The van der Waals surface area contributed by atoms with Gasteiger partial charge in [0, 0.05) is 5.39 Å². The van der Waals surface area contributed by atoms with E-state index in [4.69, 9.17) is 9.84 Å². The minimum atomic E-state index is -4.46. The summed E-state index contributed by atoms with van der Waals surface area (Å²) in [5.41, 5.74) is 0.0110. The molecule has 0 radical (unpaired) electrons. The van der Waals surface area contributed by atoms with E-state index in [-0.39, 0.29) is 11.8 Å². The Morgan fingerprint density at radius 2 is 1.69 bits per heavy atom. The van der Waals surface area contributed by atoms with E-state index in [0.717, 1.165) is 11.6 Å². The second-order valence-corrected chi connectivity index (χ2v) is 6.37. The standard InChI is InChI=1S/C23H17F3O3/c1-2-5-16(14-22(27)28)15-8-10-17(11-9-15)29-21-13-12-20(23(24,25)26)18-6-3-4-7-19(18)21/h3-4,6-13,16H,14H2,1H3,(H,27,28). The Labute approximate surface area is 165 Å². The highest BCUT2D eigenvalue weighted by Crippen LogP contribution is 2.39. The molecule has 0 spiro atoms. The molecule has 1 atom stereocenters. The van der Waals surface area contributed by atoms with Crippen molar-refractivity contribution in [1.29, 1.82) is 0 Å². The van der Waals surface area contributed by atoms with Gasteiger partial charge in [-0.3, -0.25) is 4.79 Å². The fourth-order valence-electron chi connectivity index (χ4n) is 3.10. The third-order valence-corrected chi connectivity index (χ3v) is 4.40. The van der Waals surface area contributed by atoms with Gasteiger partial charge in [0.1, 0.15) is 11.5 Å². The molecule has 0 amide bonds. The van der Waals surface area contributed by atoms with Crippen LogP contribution in [-0.2, 0) is 11.0 Å². The maximum Gasteiger partial charge on any atom is 0.417 e. The lowest BCUT2D eigenvalue weighted by Gasteiger charge is -2.15. The second kappa shape index (κ2) is 8.27. The topological polar surface area (TPSA) is 46.5 Å². The van der Waals surface area contributed by atoms with Crippen LogP contribution in [0.15, 0.2) is 60.7 Å². The fourth-order valence-corrected chi connectivity index (χ4v) is 3.10. The molecule has 0 aliphatic rings. The van der Waals surface area contributed by atoms with Crippen molar-refractivity contribution in [3.05, 3.63) is 71.8 Å². The average molecular weight is 398 g/mol. The number of rotatable bonds is 5. The molecule has 0 saturated heterocycles. The molecule has 1 N–H and O–H groups in total. The van der Waals surface area contributed by atoms with Crippen LogP contribution in [-0.4, -0.2) is 11.1 Å². The number of carbonyl (C=O) groups is 1. The van der Waals surface area contributed by atoms with Crippen LogP contribution >= 0.6 is 0 Å². The lowest BCUT2D eigenvalue weighted by atomic mass is 9.96. The quantitative estimate of drug-likeness (QED) is 0.518. The van der Waals surface area contributed by atoms with Gasteiger partial charge in [0.05, 0.1) is 17.9 Å². The van der Waals surface area contributed by atoms with Crippen molar-refractivity contribution in [2.75, 3.05) is 0 Å². The molecule has 29 heavy (non-hydrogen) atoms.